The van der Waals surface area contributed by atoms with E-state index in [1.165, 1.54) is 6.20 Å². The molecule has 1 aromatic carbocycles. The Morgan fingerprint density at radius 3 is 2.72 bits per heavy atom. The second kappa shape index (κ2) is 10.2. The Hall–Kier alpha value is -3.58. The maximum absolute atomic E-state index is 16.6. The van der Waals surface area contributed by atoms with Gasteiger partial charge < -0.3 is 20.7 Å². The van der Waals surface area contributed by atoms with E-state index >= 15 is 8.78 Å². The number of nitrogens with zero attached hydrogens (tertiary/aromatic N) is 5. The Kier molecular flexibility index (Phi) is 6.61. The predicted octanol–water partition coefficient (Wildman–Crippen LogP) is 5.77. The van der Waals surface area contributed by atoms with Gasteiger partial charge in [-0.25, -0.2) is 8.78 Å². The maximum atomic E-state index is 16.6. The Bertz CT molecular complexity index is 1780. The molecule has 2 unspecified atom stereocenters. The molecule has 5 aliphatic rings. The van der Waals surface area contributed by atoms with Crippen LogP contribution in [0.3, 0.4) is 0 Å². The van der Waals surface area contributed by atoms with Gasteiger partial charge in [-0.2, -0.15) is 23.1 Å². The minimum Gasteiger partial charge on any atom is -0.461 e. The molecule has 46 heavy (non-hydrogen) atoms. The monoisotopic (exact) mass is 641 g/mol. The number of hydrogen-bond acceptors (Lipinski definition) is 8. The van der Waals surface area contributed by atoms with E-state index in [0.717, 1.165) is 76.6 Å². The molecule has 2 aromatic heterocycles. The van der Waals surface area contributed by atoms with E-state index in [2.05, 4.69) is 31.7 Å². The Morgan fingerprint density at radius 2 is 1.96 bits per heavy atom. The predicted molar refractivity (Wildman–Crippen MR) is 163 cm³/mol. The smallest absolute Gasteiger partial charge is 0.417 e. The van der Waals surface area contributed by atoms with Crippen LogP contribution in [0.5, 0.6) is 6.01 Å². The average molecular weight is 642 g/mol. The van der Waals surface area contributed by atoms with Crippen molar-refractivity contribution in [3.8, 4) is 17.3 Å². The number of nitrogens with one attached hydrogen (secondary N) is 1. The zero-order valence-corrected chi connectivity index (χ0v) is 25.6. The largest absolute Gasteiger partial charge is 0.461 e. The van der Waals surface area contributed by atoms with Crippen molar-refractivity contribution in [2.45, 2.75) is 75.2 Å². The summed E-state index contributed by atoms with van der Waals surface area (Å²) in [4.78, 5) is 17.8. The molecular weight excluding hydrogens is 605 g/mol. The van der Waals surface area contributed by atoms with E-state index < -0.39 is 40.3 Å². The number of nitrogen functional groups attached to an aromatic ring is 1. The standard InChI is InChI=1S/C33H36F5N7O/c1-17-11-31(7-3-9-45(31)13-17)16-46-30-41-27-21(29(42-30)44-14-20-6-8-32(15-44,43-20)19-4-5-19)12-40-28(26(27)35)23-24(33(36,37)38)18(2)10-22(39)25(23)34/h10,12,19-20,43H,1,3-9,11,13-16,39H2,2H3/t20?,31-,32?/m0/s1. The highest BCUT2D eigenvalue weighted by atomic mass is 19.4. The number of piperazine rings is 1. The van der Waals surface area contributed by atoms with E-state index in [1.807, 2.05) is 0 Å². The van der Waals surface area contributed by atoms with Gasteiger partial charge in [-0.3, -0.25) is 9.88 Å². The molecular formula is C33H36F5N7O. The van der Waals surface area contributed by atoms with Crippen molar-refractivity contribution in [1.82, 2.24) is 25.2 Å². The molecule has 8 nitrogen and oxygen atoms in total. The van der Waals surface area contributed by atoms with Crippen LogP contribution in [0.15, 0.2) is 24.4 Å². The third-order valence-corrected chi connectivity index (χ3v) is 10.9. The van der Waals surface area contributed by atoms with Crippen LogP contribution >= 0.6 is 0 Å². The number of nitrogens with two attached hydrogens (primary N) is 1. The lowest BCUT2D eigenvalue weighted by Gasteiger charge is -2.42. The molecule has 4 aliphatic heterocycles. The summed E-state index contributed by atoms with van der Waals surface area (Å²) in [6.45, 7) is 8.56. The lowest BCUT2D eigenvalue weighted by molar-refractivity contribution is -0.137. The van der Waals surface area contributed by atoms with Gasteiger partial charge in [-0.15, -0.1) is 0 Å². The van der Waals surface area contributed by atoms with Crippen LogP contribution in [0, 0.1) is 24.5 Å². The number of pyridine rings is 1. The second-order valence-electron chi connectivity index (χ2n) is 14.0. The first kappa shape index (κ1) is 29.8. The average Bonchev–Trinajstić information content (AvgIpc) is 3.64. The van der Waals surface area contributed by atoms with Crippen molar-refractivity contribution in [2.24, 2.45) is 5.92 Å². The molecule has 4 saturated heterocycles. The fourth-order valence-electron chi connectivity index (χ4n) is 8.72. The third-order valence-electron chi connectivity index (χ3n) is 10.9. The third kappa shape index (κ3) is 4.63. The summed E-state index contributed by atoms with van der Waals surface area (Å²) < 4.78 is 81.1. The van der Waals surface area contributed by atoms with Gasteiger partial charge in [-0.05, 0) is 76.0 Å². The highest BCUT2D eigenvalue weighted by molar-refractivity contribution is 5.92. The number of hydrogen-bond donors (Lipinski definition) is 2. The van der Waals surface area contributed by atoms with E-state index in [9.17, 15) is 13.2 Å². The molecule has 8 rings (SSSR count). The van der Waals surface area contributed by atoms with Crippen molar-refractivity contribution in [2.75, 3.05) is 43.4 Å². The van der Waals surface area contributed by atoms with Gasteiger partial charge in [0, 0.05) is 37.4 Å². The molecule has 0 spiro atoms. The van der Waals surface area contributed by atoms with E-state index in [-0.39, 0.29) is 46.2 Å². The number of fused-ring (bicyclic) bond motifs is 4. The molecule has 1 aliphatic carbocycles. The Labute approximate surface area is 263 Å². The lowest BCUT2D eigenvalue weighted by atomic mass is 9.90. The summed E-state index contributed by atoms with van der Waals surface area (Å²) in [5.74, 6) is -1.62. The molecule has 3 aromatic rings. The molecule has 3 atom stereocenters. The zero-order valence-electron chi connectivity index (χ0n) is 25.6. The molecule has 13 heteroatoms. The van der Waals surface area contributed by atoms with Gasteiger partial charge in [0.2, 0.25) is 0 Å². The summed E-state index contributed by atoms with van der Waals surface area (Å²) in [5.41, 5.74) is 2.19. The van der Waals surface area contributed by atoms with Crippen LogP contribution in [-0.4, -0.2) is 69.8 Å². The zero-order chi connectivity index (χ0) is 32.2. The number of anilines is 2. The fourth-order valence-corrected chi connectivity index (χ4v) is 8.72. The number of aryl methyl sites for hydroxylation is 1. The Morgan fingerprint density at radius 1 is 1.15 bits per heavy atom. The summed E-state index contributed by atoms with van der Waals surface area (Å²) >= 11 is 0. The van der Waals surface area contributed by atoms with Gasteiger partial charge in [0.1, 0.15) is 23.6 Å². The van der Waals surface area contributed by atoms with Gasteiger partial charge >= 0.3 is 12.2 Å². The van der Waals surface area contributed by atoms with E-state index in [0.29, 0.717) is 24.8 Å². The number of aromatic nitrogens is 3. The number of benzene rings is 1. The minimum absolute atomic E-state index is 0.0789. The number of rotatable bonds is 6. The van der Waals surface area contributed by atoms with Gasteiger partial charge in [0.15, 0.2) is 11.6 Å². The lowest BCUT2D eigenvalue weighted by Crippen LogP contribution is -2.61. The summed E-state index contributed by atoms with van der Waals surface area (Å²) in [6.07, 6.45) is 3.27. The van der Waals surface area contributed by atoms with Crippen LogP contribution in [0.4, 0.5) is 33.5 Å². The quantitative estimate of drug-likeness (QED) is 0.199. The summed E-state index contributed by atoms with van der Waals surface area (Å²) in [6, 6.07) is 1.03. The van der Waals surface area contributed by atoms with E-state index in [1.54, 1.807) is 0 Å². The van der Waals surface area contributed by atoms with Crippen LogP contribution in [0.1, 0.15) is 56.1 Å². The molecule has 0 amide bonds. The first-order chi connectivity index (χ1) is 21.9. The Balaban J connectivity index is 1.27. The van der Waals surface area contributed by atoms with Gasteiger partial charge in [0.25, 0.3) is 0 Å². The summed E-state index contributed by atoms with van der Waals surface area (Å²) in [7, 11) is 0. The van der Waals surface area contributed by atoms with Crippen molar-refractivity contribution < 1.29 is 26.7 Å². The molecule has 3 N–H and O–H groups in total. The number of halogens is 5. The summed E-state index contributed by atoms with van der Waals surface area (Å²) in [5, 5.41) is 4.05. The second-order valence-corrected chi connectivity index (χ2v) is 14.0. The van der Waals surface area contributed by atoms with Crippen LogP contribution < -0.4 is 20.7 Å². The normalized spacial score (nSPS) is 28.0. The SMILES string of the molecule is C=C1CN2CCC[C@@]2(COc2nc(N3CC4CCC(C5CC5)(C3)N4)c3cnc(-c4c(F)c(N)cc(C)c4C(F)(F)F)c(F)c3n2)C1. The van der Waals surface area contributed by atoms with Crippen molar-refractivity contribution in [3.63, 3.8) is 0 Å². The highest BCUT2D eigenvalue weighted by Crippen LogP contribution is 2.49. The minimum atomic E-state index is -4.99. The van der Waals surface area contributed by atoms with Gasteiger partial charge in [-0.1, -0.05) is 12.2 Å². The highest BCUT2D eigenvalue weighted by Gasteiger charge is 2.53. The van der Waals surface area contributed by atoms with Crippen LogP contribution in [0.25, 0.3) is 22.2 Å². The van der Waals surface area contributed by atoms with Crippen LogP contribution in [-0.2, 0) is 6.18 Å². The molecule has 6 heterocycles. The first-order valence-electron chi connectivity index (χ1n) is 16.0. The maximum Gasteiger partial charge on any atom is 0.417 e. The topological polar surface area (TPSA) is 92.4 Å². The number of alkyl halides is 3. The van der Waals surface area contributed by atoms with Crippen LogP contribution in [0.2, 0.25) is 0 Å². The van der Waals surface area contributed by atoms with Crippen molar-refractivity contribution >= 4 is 22.4 Å². The first-order valence-corrected chi connectivity index (χ1v) is 16.0. The molecule has 1 saturated carbocycles. The molecule has 2 bridgehead atoms. The molecule has 5 fully saturated rings. The van der Waals surface area contributed by atoms with Gasteiger partial charge in [0.05, 0.1) is 27.7 Å². The molecule has 244 valence electrons. The molecule has 0 radical (unpaired) electrons. The number of ether oxygens (including phenoxy) is 1. The fraction of sp³-hybridized carbons (Fsp3) is 0.545. The van der Waals surface area contributed by atoms with Crippen molar-refractivity contribution in [1.29, 1.82) is 0 Å². The van der Waals surface area contributed by atoms with Crippen molar-refractivity contribution in [3.05, 3.63) is 47.2 Å². The van der Waals surface area contributed by atoms with E-state index in [4.69, 9.17) is 15.5 Å².